The van der Waals surface area contributed by atoms with Crippen molar-refractivity contribution in [3.05, 3.63) is 38.4 Å². The molecule has 176 valence electrons. The number of benzene rings is 1. The van der Waals surface area contributed by atoms with Crippen LogP contribution in [0.5, 0.6) is 0 Å². The quantitative estimate of drug-likeness (QED) is 0.132. The van der Waals surface area contributed by atoms with Crippen LogP contribution < -0.4 is 5.32 Å². The minimum atomic E-state index is -0.681. The lowest BCUT2D eigenvalue weighted by Gasteiger charge is -2.09. The molecule has 0 spiro atoms. The smallest absolute Gasteiger partial charge is 0.299 e. The van der Waals surface area contributed by atoms with Gasteiger partial charge in [0.05, 0.1) is 82.0 Å². The highest BCUT2D eigenvalue weighted by Crippen LogP contribution is 2.28. The van der Waals surface area contributed by atoms with E-state index < -0.39 is 9.85 Å². The third-order valence-corrected chi connectivity index (χ3v) is 3.81. The van der Waals surface area contributed by atoms with Gasteiger partial charge in [-0.2, -0.15) is 0 Å². The van der Waals surface area contributed by atoms with Crippen LogP contribution in [0.2, 0.25) is 0 Å². The highest BCUT2D eigenvalue weighted by atomic mass is 35.5. The van der Waals surface area contributed by atoms with Gasteiger partial charge in [-0.3, -0.25) is 20.2 Å². The molecule has 1 aromatic rings. The fraction of sp³-hybridized carbons (Fsp3) is 0.667. The number of hydrogen-bond acceptors (Lipinski definition) is 10. The lowest BCUT2D eigenvalue weighted by Crippen LogP contribution is -2.15. The van der Waals surface area contributed by atoms with Crippen molar-refractivity contribution >= 4 is 28.7 Å². The first-order valence-corrected chi connectivity index (χ1v) is 10.2. The Hall–Kier alpha value is -2.09. The number of hydrogen-bond donors (Lipinski definition) is 1. The molecule has 0 amide bonds. The second-order valence-corrected chi connectivity index (χ2v) is 6.27. The summed E-state index contributed by atoms with van der Waals surface area (Å²) in [7, 11) is 0. The van der Waals surface area contributed by atoms with E-state index in [-0.39, 0.29) is 17.1 Å². The van der Waals surface area contributed by atoms with Gasteiger partial charge in [0.1, 0.15) is 5.69 Å². The number of ether oxygens (including phenoxy) is 5. The molecule has 0 aliphatic heterocycles. The van der Waals surface area contributed by atoms with E-state index >= 15 is 0 Å². The molecule has 0 aliphatic carbocycles. The van der Waals surface area contributed by atoms with Gasteiger partial charge in [0, 0.05) is 18.5 Å². The molecule has 0 aromatic heterocycles. The Balaban J connectivity index is 1.97. The van der Waals surface area contributed by atoms with E-state index in [9.17, 15) is 20.2 Å². The largest absolute Gasteiger partial charge is 0.378 e. The average molecular weight is 466 g/mol. The van der Waals surface area contributed by atoms with Crippen LogP contribution in [-0.4, -0.2) is 88.3 Å². The second-order valence-electron chi connectivity index (χ2n) is 5.89. The topological polar surface area (TPSA) is 144 Å². The number of nitro groups is 2. The Labute approximate surface area is 185 Å². The van der Waals surface area contributed by atoms with Gasteiger partial charge >= 0.3 is 0 Å². The summed E-state index contributed by atoms with van der Waals surface area (Å²) in [4.78, 5) is 20.4. The number of nitrogens with one attached hydrogen (secondary N) is 1. The van der Waals surface area contributed by atoms with Gasteiger partial charge in [-0.05, 0) is 6.07 Å². The number of nitrogens with zero attached hydrogens (tertiary/aromatic N) is 2. The second kappa shape index (κ2) is 17.6. The van der Waals surface area contributed by atoms with Crippen molar-refractivity contribution in [3.8, 4) is 0 Å². The van der Waals surface area contributed by atoms with Crippen LogP contribution in [0.3, 0.4) is 0 Å². The summed E-state index contributed by atoms with van der Waals surface area (Å²) < 4.78 is 26.5. The highest BCUT2D eigenvalue weighted by Gasteiger charge is 2.18. The molecular formula is C18H28ClN3O9. The van der Waals surface area contributed by atoms with E-state index in [4.69, 9.17) is 35.3 Å². The summed E-state index contributed by atoms with van der Waals surface area (Å²) in [6.07, 6.45) is 0. The summed E-state index contributed by atoms with van der Waals surface area (Å²) in [6, 6.07) is 3.43. The van der Waals surface area contributed by atoms with E-state index in [1.54, 1.807) is 0 Å². The molecule has 0 unspecified atom stereocenters. The molecule has 1 aromatic carbocycles. The first-order chi connectivity index (χ1) is 15.1. The normalized spacial score (nSPS) is 10.9. The fourth-order valence-corrected chi connectivity index (χ4v) is 2.34. The minimum Gasteiger partial charge on any atom is -0.378 e. The molecule has 1 N–H and O–H groups in total. The van der Waals surface area contributed by atoms with Crippen LogP contribution in [0.1, 0.15) is 0 Å². The summed E-state index contributed by atoms with van der Waals surface area (Å²) in [5, 5.41) is 24.6. The molecule has 0 aliphatic rings. The van der Waals surface area contributed by atoms with Crippen molar-refractivity contribution in [3.63, 3.8) is 0 Å². The maximum absolute atomic E-state index is 11.0. The SMILES string of the molecule is O=[N+]([O-])c1ccc(NCCOCCOCCOCCOCCOCCCl)c([N+](=O)[O-])c1. The van der Waals surface area contributed by atoms with Gasteiger partial charge in [-0.1, -0.05) is 0 Å². The predicted molar refractivity (Wildman–Crippen MR) is 113 cm³/mol. The van der Waals surface area contributed by atoms with Gasteiger partial charge < -0.3 is 29.0 Å². The molecule has 0 heterocycles. The predicted octanol–water partition coefficient (Wildman–Crippen LogP) is 2.24. The van der Waals surface area contributed by atoms with Crippen molar-refractivity contribution in [2.45, 2.75) is 0 Å². The van der Waals surface area contributed by atoms with E-state index in [1.165, 1.54) is 12.1 Å². The van der Waals surface area contributed by atoms with Crippen molar-refractivity contribution in [2.75, 3.05) is 83.8 Å². The Bertz CT molecular complexity index is 652. The lowest BCUT2D eigenvalue weighted by atomic mass is 10.2. The summed E-state index contributed by atoms with van der Waals surface area (Å²) in [5.41, 5.74) is -0.503. The Kier molecular flexibility index (Phi) is 15.3. The standard InChI is InChI=1S/C18H28ClN3O9/c19-3-5-27-7-9-29-11-13-31-14-12-30-10-8-28-6-4-20-17-2-1-16(21(23)24)15-18(17)22(25)26/h1-2,15,20H,3-14H2. The molecule has 12 nitrogen and oxygen atoms in total. The van der Waals surface area contributed by atoms with E-state index in [0.717, 1.165) is 6.07 Å². The number of halogens is 1. The zero-order valence-corrected chi connectivity index (χ0v) is 17.9. The maximum atomic E-state index is 11.0. The molecule has 1 rings (SSSR count). The minimum absolute atomic E-state index is 0.194. The zero-order valence-electron chi connectivity index (χ0n) is 17.2. The van der Waals surface area contributed by atoms with Crippen molar-refractivity contribution in [1.82, 2.24) is 0 Å². The molecule has 0 saturated heterocycles. The van der Waals surface area contributed by atoms with Crippen LogP contribution in [0.15, 0.2) is 18.2 Å². The molecule has 0 atom stereocenters. The van der Waals surface area contributed by atoms with E-state index in [2.05, 4.69) is 5.32 Å². The zero-order chi connectivity index (χ0) is 22.7. The first-order valence-electron chi connectivity index (χ1n) is 9.67. The number of alkyl halides is 1. The van der Waals surface area contributed by atoms with Crippen LogP contribution >= 0.6 is 11.6 Å². The molecule has 31 heavy (non-hydrogen) atoms. The van der Waals surface area contributed by atoms with Gasteiger partial charge in [-0.25, -0.2) is 0 Å². The van der Waals surface area contributed by atoms with Crippen LogP contribution in [0, 0.1) is 20.2 Å². The van der Waals surface area contributed by atoms with Gasteiger partial charge in [0.15, 0.2) is 0 Å². The number of rotatable bonds is 20. The number of nitro benzene ring substituents is 2. The van der Waals surface area contributed by atoms with Crippen molar-refractivity contribution in [1.29, 1.82) is 0 Å². The Morgan fingerprint density at radius 3 is 1.68 bits per heavy atom. The highest BCUT2D eigenvalue weighted by molar-refractivity contribution is 6.17. The van der Waals surface area contributed by atoms with Gasteiger partial charge in [0.2, 0.25) is 0 Å². The average Bonchev–Trinajstić information content (AvgIpc) is 2.75. The molecule has 0 saturated carbocycles. The maximum Gasteiger partial charge on any atom is 0.299 e. The van der Waals surface area contributed by atoms with Crippen LogP contribution in [-0.2, 0) is 23.7 Å². The molecule has 0 bridgehead atoms. The van der Waals surface area contributed by atoms with Crippen LogP contribution in [0.25, 0.3) is 0 Å². The van der Waals surface area contributed by atoms with E-state index in [0.29, 0.717) is 78.5 Å². The first kappa shape index (κ1) is 26.9. The fourth-order valence-electron chi connectivity index (χ4n) is 2.23. The Morgan fingerprint density at radius 2 is 1.23 bits per heavy atom. The van der Waals surface area contributed by atoms with E-state index in [1.807, 2.05) is 0 Å². The summed E-state index contributed by atoms with van der Waals surface area (Å²) in [6.45, 7) is 4.68. The van der Waals surface area contributed by atoms with Crippen molar-refractivity contribution < 1.29 is 33.5 Å². The molecule has 13 heteroatoms. The number of non-ortho nitro benzene ring substituents is 1. The van der Waals surface area contributed by atoms with Gasteiger partial charge in [0.25, 0.3) is 11.4 Å². The lowest BCUT2D eigenvalue weighted by molar-refractivity contribution is -0.393. The van der Waals surface area contributed by atoms with Crippen molar-refractivity contribution in [2.24, 2.45) is 0 Å². The van der Waals surface area contributed by atoms with Crippen LogP contribution in [0.4, 0.5) is 17.1 Å². The van der Waals surface area contributed by atoms with Gasteiger partial charge in [-0.15, -0.1) is 11.6 Å². The molecular weight excluding hydrogens is 438 g/mol. The molecule has 0 fully saturated rings. The summed E-state index contributed by atoms with van der Waals surface area (Å²) >= 11 is 5.47. The molecule has 0 radical (unpaired) electrons. The third kappa shape index (κ3) is 13.0. The number of anilines is 1. The monoisotopic (exact) mass is 465 g/mol. The Morgan fingerprint density at radius 1 is 0.742 bits per heavy atom. The summed E-state index contributed by atoms with van der Waals surface area (Å²) in [5.74, 6) is 0.470. The third-order valence-electron chi connectivity index (χ3n) is 3.66.